The third kappa shape index (κ3) is 2.78. The largest absolute Gasteiger partial charge is 0.343 e. The third-order valence-electron chi connectivity index (χ3n) is 3.19. The Labute approximate surface area is 112 Å². The number of benzene rings is 1. The van der Waals surface area contributed by atoms with Gasteiger partial charge in [-0.1, -0.05) is 12.1 Å². The number of hydrogen-bond donors (Lipinski definition) is 1. The number of hydrogen-bond acceptors (Lipinski definition) is 4. The van der Waals surface area contributed by atoms with Crippen LogP contribution in [0.3, 0.4) is 0 Å². The van der Waals surface area contributed by atoms with Crippen molar-refractivity contribution in [3.05, 3.63) is 29.8 Å². The first-order chi connectivity index (χ1) is 8.95. The van der Waals surface area contributed by atoms with Crippen molar-refractivity contribution in [3.63, 3.8) is 0 Å². The Bertz CT molecular complexity index is 586. The molecule has 0 spiro atoms. The van der Waals surface area contributed by atoms with Crippen LogP contribution in [0.1, 0.15) is 5.56 Å². The fourth-order valence-corrected chi connectivity index (χ4v) is 3.38. The second kappa shape index (κ2) is 5.28. The zero-order chi connectivity index (χ0) is 14.0. The summed E-state index contributed by atoms with van der Waals surface area (Å²) in [5, 5.41) is 0. The molecule has 0 atom stereocenters. The number of likely N-dealkylation sites (N-methyl/N-ethyl adjacent to an activating group) is 1. The zero-order valence-corrected chi connectivity index (χ0v) is 11.6. The Balaban J connectivity index is 2.29. The predicted octanol–water partition coefficient (Wildman–Crippen LogP) is -0.392. The van der Waals surface area contributed by atoms with Gasteiger partial charge in [0.05, 0.1) is 11.4 Å². The number of rotatable bonds is 3. The molecule has 1 aliphatic heterocycles. The van der Waals surface area contributed by atoms with Crippen molar-refractivity contribution in [1.29, 1.82) is 0 Å². The molecule has 1 aromatic carbocycles. The Morgan fingerprint density at radius 1 is 1.32 bits per heavy atom. The summed E-state index contributed by atoms with van der Waals surface area (Å²) in [6.07, 6.45) is 0. The monoisotopic (exact) mass is 283 g/mol. The van der Waals surface area contributed by atoms with Gasteiger partial charge in [0.1, 0.15) is 0 Å². The summed E-state index contributed by atoms with van der Waals surface area (Å²) in [5.74, 6) is -0.190. The number of sulfonamides is 1. The minimum atomic E-state index is -3.62. The van der Waals surface area contributed by atoms with E-state index in [2.05, 4.69) is 0 Å². The average molecular weight is 283 g/mol. The third-order valence-corrected chi connectivity index (χ3v) is 5.04. The highest BCUT2D eigenvalue weighted by Gasteiger charge is 2.31. The lowest BCUT2D eigenvalue weighted by molar-refractivity contribution is -0.132. The molecular formula is C12H17N3O3S. The maximum atomic E-state index is 12.4. The molecule has 19 heavy (non-hydrogen) atoms. The molecule has 1 heterocycles. The van der Waals surface area contributed by atoms with E-state index >= 15 is 0 Å². The van der Waals surface area contributed by atoms with Crippen molar-refractivity contribution in [2.24, 2.45) is 5.73 Å². The van der Waals surface area contributed by atoms with Crippen LogP contribution < -0.4 is 5.73 Å². The molecule has 0 aliphatic carbocycles. The molecule has 2 N–H and O–H groups in total. The maximum Gasteiger partial charge on any atom is 0.243 e. The lowest BCUT2D eigenvalue weighted by Crippen LogP contribution is -2.50. The van der Waals surface area contributed by atoms with Gasteiger partial charge in [-0.25, -0.2) is 8.42 Å². The second-order valence-corrected chi connectivity index (χ2v) is 6.44. The van der Waals surface area contributed by atoms with E-state index < -0.39 is 10.0 Å². The highest BCUT2D eigenvalue weighted by atomic mass is 32.2. The van der Waals surface area contributed by atoms with Crippen LogP contribution in [0, 0.1) is 0 Å². The van der Waals surface area contributed by atoms with E-state index in [1.165, 1.54) is 15.3 Å². The lowest BCUT2D eigenvalue weighted by Gasteiger charge is -2.31. The minimum absolute atomic E-state index is 0.105. The van der Waals surface area contributed by atoms with Gasteiger partial charge in [0.2, 0.25) is 15.9 Å². The molecule has 1 aromatic rings. The van der Waals surface area contributed by atoms with Crippen LogP contribution in [0.15, 0.2) is 29.2 Å². The Kier molecular flexibility index (Phi) is 3.88. The smallest absolute Gasteiger partial charge is 0.243 e. The molecule has 0 aromatic heterocycles. The molecule has 7 heteroatoms. The highest BCUT2D eigenvalue weighted by Crippen LogP contribution is 2.18. The maximum absolute atomic E-state index is 12.4. The van der Waals surface area contributed by atoms with Gasteiger partial charge in [0.25, 0.3) is 0 Å². The molecule has 1 aliphatic rings. The van der Waals surface area contributed by atoms with Crippen LogP contribution in [-0.4, -0.2) is 50.2 Å². The second-order valence-electron chi connectivity index (χ2n) is 4.51. The normalized spacial score (nSPS) is 17.8. The van der Waals surface area contributed by atoms with Crippen molar-refractivity contribution in [3.8, 4) is 0 Å². The van der Waals surface area contributed by atoms with Crippen LogP contribution in [0.2, 0.25) is 0 Å². The van der Waals surface area contributed by atoms with Crippen LogP contribution in [0.4, 0.5) is 0 Å². The molecule has 1 amide bonds. The molecule has 104 valence electrons. The van der Waals surface area contributed by atoms with E-state index in [1.54, 1.807) is 25.2 Å². The van der Waals surface area contributed by atoms with Gasteiger partial charge in [0, 0.05) is 26.7 Å². The van der Waals surface area contributed by atoms with Crippen molar-refractivity contribution < 1.29 is 13.2 Å². The van der Waals surface area contributed by atoms with Crippen LogP contribution in [0.25, 0.3) is 0 Å². The summed E-state index contributed by atoms with van der Waals surface area (Å²) < 4.78 is 26.1. The number of nitrogens with zero attached hydrogens (tertiary/aromatic N) is 2. The molecule has 1 saturated heterocycles. The summed E-state index contributed by atoms with van der Waals surface area (Å²) in [7, 11) is -1.95. The van der Waals surface area contributed by atoms with Crippen molar-refractivity contribution in [2.75, 3.05) is 26.7 Å². The van der Waals surface area contributed by atoms with Crippen LogP contribution in [0.5, 0.6) is 0 Å². The van der Waals surface area contributed by atoms with Gasteiger partial charge in [0.15, 0.2) is 0 Å². The number of carbonyl (C=O) groups is 1. The SMILES string of the molecule is CN1CCN(S(=O)(=O)c2cccc(CN)c2)CC1=O. The first kappa shape index (κ1) is 14.0. The zero-order valence-electron chi connectivity index (χ0n) is 10.7. The number of piperazine rings is 1. The molecule has 1 fully saturated rings. The fraction of sp³-hybridized carbons (Fsp3) is 0.417. The predicted molar refractivity (Wildman–Crippen MR) is 70.7 cm³/mol. The van der Waals surface area contributed by atoms with Gasteiger partial charge in [-0.15, -0.1) is 0 Å². The van der Waals surface area contributed by atoms with E-state index in [-0.39, 0.29) is 23.9 Å². The molecule has 0 radical (unpaired) electrons. The first-order valence-electron chi connectivity index (χ1n) is 5.98. The van der Waals surface area contributed by atoms with Gasteiger partial charge in [-0.05, 0) is 17.7 Å². The van der Waals surface area contributed by atoms with Crippen molar-refractivity contribution in [2.45, 2.75) is 11.4 Å². The van der Waals surface area contributed by atoms with E-state index in [9.17, 15) is 13.2 Å². The fourth-order valence-electron chi connectivity index (χ4n) is 1.92. The van der Waals surface area contributed by atoms with E-state index in [0.717, 1.165) is 5.56 Å². The van der Waals surface area contributed by atoms with Gasteiger partial charge in [-0.2, -0.15) is 4.31 Å². The number of amides is 1. The average Bonchev–Trinajstić information content (AvgIpc) is 2.41. The summed E-state index contributed by atoms with van der Waals surface area (Å²) >= 11 is 0. The number of nitrogens with two attached hydrogens (primary N) is 1. The van der Waals surface area contributed by atoms with E-state index in [4.69, 9.17) is 5.73 Å². The quantitative estimate of drug-likeness (QED) is 0.818. The molecule has 6 nitrogen and oxygen atoms in total. The Morgan fingerprint density at radius 3 is 2.68 bits per heavy atom. The van der Waals surface area contributed by atoms with Crippen molar-refractivity contribution >= 4 is 15.9 Å². The minimum Gasteiger partial charge on any atom is -0.343 e. The summed E-state index contributed by atoms with van der Waals surface area (Å²) in [6, 6.07) is 6.51. The molecule has 0 bridgehead atoms. The summed E-state index contributed by atoms with van der Waals surface area (Å²) in [6.45, 7) is 0.906. The van der Waals surface area contributed by atoms with Gasteiger partial charge >= 0.3 is 0 Å². The highest BCUT2D eigenvalue weighted by molar-refractivity contribution is 7.89. The Hall–Kier alpha value is -1.44. The summed E-state index contributed by atoms with van der Waals surface area (Å²) in [4.78, 5) is 13.3. The van der Waals surface area contributed by atoms with E-state index in [0.29, 0.717) is 13.1 Å². The van der Waals surface area contributed by atoms with Crippen LogP contribution in [-0.2, 0) is 21.4 Å². The molecule has 0 saturated carbocycles. The first-order valence-corrected chi connectivity index (χ1v) is 7.42. The number of carbonyl (C=O) groups excluding carboxylic acids is 1. The van der Waals surface area contributed by atoms with Gasteiger partial charge in [-0.3, -0.25) is 4.79 Å². The standard InChI is InChI=1S/C12H17N3O3S/c1-14-5-6-15(9-12(14)16)19(17,18)11-4-2-3-10(7-11)8-13/h2-4,7H,5-6,8-9,13H2,1H3. The van der Waals surface area contributed by atoms with Crippen molar-refractivity contribution in [1.82, 2.24) is 9.21 Å². The van der Waals surface area contributed by atoms with E-state index in [1.807, 2.05) is 0 Å². The summed E-state index contributed by atoms with van der Waals surface area (Å²) in [5.41, 5.74) is 6.26. The Morgan fingerprint density at radius 2 is 2.05 bits per heavy atom. The molecule has 0 unspecified atom stereocenters. The lowest BCUT2D eigenvalue weighted by atomic mass is 10.2. The molecular weight excluding hydrogens is 266 g/mol. The topological polar surface area (TPSA) is 83.7 Å². The van der Waals surface area contributed by atoms with Gasteiger partial charge < -0.3 is 10.6 Å². The molecule has 2 rings (SSSR count). The van der Waals surface area contributed by atoms with Crippen LogP contribution >= 0.6 is 0 Å².